The zero-order chi connectivity index (χ0) is 21.8. The Morgan fingerprint density at radius 3 is 2.38 bits per heavy atom. The molecule has 0 N–H and O–H groups in total. The number of amides is 1. The third kappa shape index (κ3) is 4.40. The summed E-state index contributed by atoms with van der Waals surface area (Å²) in [6, 6.07) is 26.0. The molecule has 160 valence electrons. The van der Waals surface area contributed by atoms with Crippen LogP contribution in [-0.4, -0.2) is 27.3 Å². The molecular weight excluding hydrogens is 394 g/mol. The van der Waals surface area contributed by atoms with Crippen LogP contribution in [0.5, 0.6) is 0 Å². The lowest BCUT2D eigenvalue weighted by Crippen LogP contribution is -2.34. The van der Waals surface area contributed by atoms with Gasteiger partial charge in [0.15, 0.2) is 5.65 Å². The molecule has 0 unspecified atom stereocenters. The molecule has 32 heavy (non-hydrogen) atoms. The standard InChI is InChI=1S/C28H27N3O/c32-28(31(20-22-12-7-8-13-22)19-21-10-3-1-4-11-21)25-18-26(23-14-5-2-6-15-23)30-27-24(25)16-9-17-29-27/h1-6,9-11,14-18,22H,7-8,12-13,19-20H2. The van der Waals surface area contributed by atoms with Gasteiger partial charge >= 0.3 is 0 Å². The van der Waals surface area contributed by atoms with Crippen molar-refractivity contribution in [1.29, 1.82) is 0 Å². The Hall–Kier alpha value is -3.53. The quantitative estimate of drug-likeness (QED) is 0.376. The number of carbonyl (C=O) groups excluding carboxylic acids is 1. The van der Waals surface area contributed by atoms with Crippen molar-refractivity contribution in [1.82, 2.24) is 14.9 Å². The molecule has 5 rings (SSSR count). The molecule has 0 spiro atoms. The Morgan fingerprint density at radius 2 is 1.62 bits per heavy atom. The molecule has 1 aliphatic rings. The first-order chi connectivity index (χ1) is 15.8. The highest BCUT2D eigenvalue weighted by molar-refractivity contribution is 6.06. The Morgan fingerprint density at radius 1 is 0.906 bits per heavy atom. The van der Waals surface area contributed by atoms with E-state index in [0.717, 1.165) is 28.8 Å². The van der Waals surface area contributed by atoms with Crippen LogP contribution in [-0.2, 0) is 6.54 Å². The second kappa shape index (κ2) is 9.31. The molecule has 0 radical (unpaired) electrons. The third-order valence-electron chi connectivity index (χ3n) is 6.34. The van der Waals surface area contributed by atoms with Crippen LogP contribution in [0.2, 0.25) is 0 Å². The lowest BCUT2D eigenvalue weighted by Gasteiger charge is -2.27. The average Bonchev–Trinajstić information content (AvgIpc) is 3.37. The van der Waals surface area contributed by atoms with Crippen LogP contribution >= 0.6 is 0 Å². The Bertz CT molecular complexity index is 1200. The van der Waals surface area contributed by atoms with Crippen LogP contribution in [0.4, 0.5) is 0 Å². The van der Waals surface area contributed by atoms with Gasteiger partial charge in [-0.05, 0) is 42.5 Å². The molecule has 1 aliphatic carbocycles. The van der Waals surface area contributed by atoms with E-state index in [1.54, 1.807) is 6.20 Å². The molecule has 1 saturated carbocycles. The fourth-order valence-electron chi connectivity index (χ4n) is 4.69. The molecule has 4 heteroatoms. The average molecular weight is 422 g/mol. The minimum Gasteiger partial charge on any atom is -0.334 e. The van der Waals surface area contributed by atoms with Crippen LogP contribution in [0, 0.1) is 5.92 Å². The summed E-state index contributed by atoms with van der Waals surface area (Å²) in [7, 11) is 0. The summed E-state index contributed by atoms with van der Waals surface area (Å²) in [5.41, 5.74) is 4.20. The topological polar surface area (TPSA) is 46.1 Å². The first-order valence-electron chi connectivity index (χ1n) is 11.4. The van der Waals surface area contributed by atoms with Gasteiger partial charge in [0.05, 0.1) is 11.3 Å². The summed E-state index contributed by atoms with van der Waals surface area (Å²) in [6.45, 7) is 1.40. The minimum absolute atomic E-state index is 0.0540. The summed E-state index contributed by atoms with van der Waals surface area (Å²) in [5.74, 6) is 0.626. The third-order valence-corrected chi connectivity index (χ3v) is 6.34. The van der Waals surface area contributed by atoms with Crippen LogP contribution < -0.4 is 0 Å². The van der Waals surface area contributed by atoms with Crippen LogP contribution in [0.15, 0.2) is 85.1 Å². The van der Waals surface area contributed by atoms with Crippen LogP contribution in [0.1, 0.15) is 41.6 Å². The monoisotopic (exact) mass is 421 g/mol. The maximum absolute atomic E-state index is 14.0. The number of fused-ring (bicyclic) bond motifs is 1. The van der Waals surface area contributed by atoms with Gasteiger partial charge in [0.2, 0.25) is 0 Å². The van der Waals surface area contributed by atoms with Crippen molar-refractivity contribution in [3.05, 3.63) is 96.2 Å². The summed E-state index contributed by atoms with van der Waals surface area (Å²) in [4.78, 5) is 25.3. The Labute approximate surface area is 189 Å². The summed E-state index contributed by atoms with van der Waals surface area (Å²) >= 11 is 0. The number of hydrogen-bond donors (Lipinski definition) is 0. The smallest absolute Gasteiger partial charge is 0.254 e. The number of pyridine rings is 2. The van der Waals surface area contributed by atoms with Gasteiger partial charge in [0.25, 0.3) is 5.91 Å². The summed E-state index contributed by atoms with van der Waals surface area (Å²) in [6.07, 6.45) is 6.66. The van der Waals surface area contributed by atoms with E-state index in [4.69, 9.17) is 4.98 Å². The van der Waals surface area contributed by atoms with E-state index >= 15 is 0 Å². The zero-order valence-electron chi connectivity index (χ0n) is 18.2. The second-order valence-electron chi connectivity index (χ2n) is 8.62. The number of rotatable bonds is 6. The highest BCUT2D eigenvalue weighted by Gasteiger charge is 2.25. The molecule has 4 aromatic rings. The van der Waals surface area contributed by atoms with E-state index in [0.29, 0.717) is 23.7 Å². The van der Waals surface area contributed by atoms with Crippen molar-refractivity contribution < 1.29 is 4.79 Å². The maximum Gasteiger partial charge on any atom is 0.254 e. The van der Waals surface area contributed by atoms with Gasteiger partial charge in [-0.3, -0.25) is 4.79 Å². The van der Waals surface area contributed by atoms with Gasteiger partial charge in [-0.2, -0.15) is 0 Å². The van der Waals surface area contributed by atoms with Crippen molar-refractivity contribution in [2.45, 2.75) is 32.2 Å². The van der Waals surface area contributed by atoms with Crippen molar-refractivity contribution in [2.75, 3.05) is 6.54 Å². The van der Waals surface area contributed by atoms with E-state index in [1.807, 2.05) is 71.6 Å². The normalized spacial score (nSPS) is 14.0. The van der Waals surface area contributed by atoms with E-state index in [1.165, 1.54) is 25.7 Å². The maximum atomic E-state index is 14.0. The SMILES string of the molecule is O=C(c1cc(-c2ccccc2)nc2ncccc12)N(Cc1ccccc1)CC1CCCC1. The van der Waals surface area contributed by atoms with Crippen molar-refractivity contribution in [3.63, 3.8) is 0 Å². The molecule has 2 heterocycles. The highest BCUT2D eigenvalue weighted by Crippen LogP contribution is 2.29. The molecular formula is C28H27N3O. The molecule has 2 aromatic carbocycles. The molecule has 0 atom stereocenters. The second-order valence-corrected chi connectivity index (χ2v) is 8.62. The zero-order valence-corrected chi connectivity index (χ0v) is 18.2. The molecule has 0 bridgehead atoms. The number of hydrogen-bond acceptors (Lipinski definition) is 3. The Kier molecular flexibility index (Phi) is 5.93. The molecule has 2 aromatic heterocycles. The van der Waals surface area contributed by atoms with Crippen LogP contribution in [0.3, 0.4) is 0 Å². The predicted octanol–water partition coefficient (Wildman–Crippen LogP) is 6.13. The van der Waals surface area contributed by atoms with E-state index < -0.39 is 0 Å². The van der Waals surface area contributed by atoms with Gasteiger partial charge in [-0.25, -0.2) is 9.97 Å². The highest BCUT2D eigenvalue weighted by atomic mass is 16.2. The molecule has 0 aliphatic heterocycles. The van der Waals surface area contributed by atoms with Gasteiger partial charge < -0.3 is 4.90 Å². The van der Waals surface area contributed by atoms with Crippen molar-refractivity contribution in [3.8, 4) is 11.3 Å². The molecule has 1 amide bonds. The lowest BCUT2D eigenvalue weighted by molar-refractivity contribution is 0.0717. The van der Waals surface area contributed by atoms with Gasteiger partial charge in [-0.1, -0.05) is 73.5 Å². The number of nitrogens with zero attached hydrogens (tertiary/aromatic N) is 3. The Balaban J connectivity index is 1.56. The van der Waals surface area contributed by atoms with Gasteiger partial charge in [-0.15, -0.1) is 0 Å². The van der Waals surface area contributed by atoms with Crippen molar-refractivity contribution in [2.24, 2.45) is 5.92 Å². The molecule has 1 fully saturated rings. The minimum atomic E-state index is 0.0540. The largest absolute Gasteiger partial charge is 0.334 e. The van der Waals surface area contributed by atoms with Crippen LogP contribution in [0.25, 0.3) is 22.3 Å². The summed E-state index contributed by atoms with van der Waals surface area (Å²) in [5, 5.41) is 0.807. The predicted molar refractivity (Wildman–Crippen MR) is 128 cm³/mol. The van der Waals surface area contributed by atoms with E-state index in [2.05, 4.69) is 17.1 Å². The van der Waals surface area contributed by atoms with Crippen molar-refractivity contribution >= 4 is 16.9 Å². The fraction of sp³-hybridized carbons (Fsp3) is 0.250. The number of benzene rings is 2. The number of aromatic nitrogens is 2. The molecule has 4 nitrogen and oxygen atoms in total. The lowest BCUT2D eigenvalue weighted by atomic mass is 10.0. The first-order valence-corrected chi connectivity index (χ1v) is 11.4. The molecule has 0 saturated heterocycles. The van der Waals surface area contributed by atoms with Gasteiger partial charge in [0.1, 0.15) is 0 Å². The van der Waals surface area contributed by atoms with E-state index in [-0.39, 0.29) is 5.91 Å². The van der Waals surface area contributed by atoms with Gasteiger partial charge in [0, 0.05) is 30.2 Å². The fourth-order valence-corrected chi connectivity index (χ4v) is 4.69. The van der Waals surface area contributed by atoms with E-state index in [9.17, 15) is 4.79 Å². The number of carbonyl (C=O) groups is 1. The summed E-state index contributed by atoms with van der Waals surface area (Å²) < 4.78 is 0. The first kappa shape index (κ1) is 20.4.